The van der Waals surface area contributed by atoms with Crippen molar-refractivity contribution in [3.63, 3.8) is 0 Å². The Hall–Kier alpha value is -1.84. The van der Waals surface area contributed by atoms with Gasteiger partial charge in [-0.25, -0.2) is 0 Å². The van der Waals surface area contributed by atoms with Gasteiger partial charge in [-0.05, 0) is 29.9 Å². The Kier molecular flexibility index (Phi) is 2.85. The summed E-state index contributed by atoms with van der Waals surface area (Å²) in [6.07, 6.45) is 1.90. The van der Waals surface area contributed by atoms with E-state index in [9.17, 15) is 14.7 Å². The summed E-state index contributed by atoms with van der Waals surface area (Å²) in [5.41, 5.74) is 1.63. The summed E-state index contributed by atoms with van der Waals surface area (Å²) in [5, 5.41) is 9.32. The van der Waals surface area contributed by atoms with Crippen molar-refractivity contribution >= 4 is 17.6 Å². The number of carbonyl (C=O) groups is 2. The number of carbonyl (C=O) groups excluding carboxylic acids is 1. The quantitative estimate of drug-likeness (QED) is 0.921. The molecule has 0 bridgehead atoms. The molecule has 20 heavy (non-hydrogen) atoms. The van der Waals surface area contributed by atoms with Gasteiger partial charge in [0.2, 0.25) is 5.91 Å². The van der Waals surface area contributed by atoms with Gasteiger partial charge in [0, 0.05) is 18.2 Å². The summed E-state index contributed by atoms with van der Waals surface area (Å²) in [7, 11) is 0. The number of carboxylic acids is 1. The fourth-order valence-corrected chi connectivity index (χ4v) is 3.20. The number of hydrogen-bond donors (Lipinski definition) is 1. The van der Waals surface area contributed by atoms with Gasteiger partial charge >= 0.3 is 5.97 Å². The van der Waals surface area contributed by atoms with E-state index < -0.39 is 11.9 Å². The lowest BCUT2D eigenvalue weighted by atomic mass is 10.0. The van der Waals surface area contributed by atoms with Crippen LogP contribution in [0.4, 0.5) is 5.69 Å². The van der Waals surface area contributed by atoms with Crippen molar-refractivity contribution in [2.75, 3.05) is 11.4 Å². The second-order valence-corrected chi connectivity index (χ2v) is 6.16. The van der Waals surface area contributed by atoms with Crippen LogP contribution in [0.3, 0.4) is 0 Å². The largest absolute Gasteiger partial charge is 0.481 e. The minimum absolute atomic E-state index is 0.0492. The average molecular weight is 273 g/mol. The van der Waals surface area contributed by atoms with Crippen LogP contribution in [-0.2, 0) is 9.59 Å². The highest BCUT2D eigenvalue weighted by Crippen LogP contribution is 2.56. The molecule has 3 atom stereocenters. The molecular formula is C16H19NO3. The molecule has 0 spiro atoms. The van der Waals surface area contributed by atoms with E-state index in [-0.39, 0.29) is 23.8 Å². The van der Waals surface area contributed by atoms with Gasteiger partial charge < -0.3 is 10.0 Å². The topological polar surface area (TPSA) is 57.6 Å². The predicted octanol–water partition coefficient (Wildman–Crippen LogP) is 2.64. The summed E-state index contributed by atoms with van der Waals surface area (Å²) in [5.74, 6) is -1.32. The fraction of sp³-hybridized carbons (Fsp3) is 0.500. The maximum absolute atomic E-state index is 12.6. The molecule has 1 fully saturated rings. The number of para-hydroxylation sites is 1. The van der Waals surface area contributed by atoms with Crippen molar-refractivity contribution < 1.29 is 14.7 Å². The zero-order chi connectivity index (χ0) is 14.5. The van der Waals surface area contributed by atoms with E-state index in [4.69, 9.17) is 0 Å². The third-order valence-corrected chi connectivity index (χ3v) is 4.99. The monoisotopic (exact) mass is 273 g/mol. The summed E-state index contributed by atoms with van der Waals surface area (Å²) >= 11 is 0. The van der Waals surface area contributed by atoms with E-state index in [2.05, 4.69) is 13.8 Å². The standard InChI is InChI=1S/C16H19NO3/c1-3-16(2)8-12(16)14(18)17-9-11(15(19)20)10-6-4-5-7-13(10)17/h4-7,11-12H,3,8-9H2,1-2H3,(H,19,20). The molecule has 1 N–H and O–H groups in total. The third kappa shape index (κ3) is 1.82. The van der Waals surface area contributed by atoms with Crippen molar-refractivity contribution in [1.29, 1.82) is 0 Å². The van der Waals surface area contributed by atoms with E-state index in [0.717, 1.165) is 24.1 Å². The molecule has 1 aliphatic heterocycles. The zero-order valence-electron chi connectivity index (χ0n) is 11.8. The lowest BCUT2D eigenvalue weighted by molar-refractivity contribution is -0.138. The van der Waals surface area contributed by atoms with E-state index in [1.54, 1.807) is 4.90 Å². The Morgan fingerprint density at radius 2 is 2.10 bits per heavy atom. The van der Waals surface area contributed by atoms with E-state index in [1.807, 2.05) is 24.3 Å². The number of anilines is 1. The fourth-order valence-electron chi connectivity index (χ4n) is 3.20. The van der Waals surface area contributed by atoms with Gasteiger partial charge in [-0.3, -0.25) is 9.59 Å². The SMILES string of the molecule is CCC1(C)CC1C(=O)N1CC(C(=O)O)c2ccccc21. The van der Waals surface area contributed by atoms with Gasteiger partial charge in [-0.15, -0.1) is 0 Å². The molecule has 1 aromatic carbocycles. The van der Waals surface area contributed by atoms with Gasteiger partial charge in [-0.1, -0.05) is 32.0 Å². The Bertz CT molecular complexity index is 583. The molecule has 0 saturated heterocycles. The van der Waals surface area contributed by atoms with Crippen molar-refractivity contribution in [2.24, 2.45) is 11.3 Å². The summed E-state index contributed by atoms with van der Waals surface area (Å²) < 4.78 is 0. The molecule has 0 aromatic heterocycles. The smallest absolute Gasteiger partial charge is 0.312 e. The second-order valence-electron chi connectivity index (χ2n) is 6.16. The van der Waals surface area contributed by atoms with Crippen molar-refractivity contribution in [3.05, 3.63) is 29.8 Å². The van der Waals surface area contributed by atoms with Crippen LogP contribution in [-0.4, -0.2) is 23.5 Å². The molecule has 2 aliphatic rings. The molecule has 1 aliphatic carbocycles. The Morgan fingerprint density at radius 1 is 1.40 bits per heavy atom. The molecule has 0 radical (unpaired) electrons. The molecule has 1 aromatic rings. The number of benzene rings is 1. The number of fused-ring (bicyclic) bond motifs is 1. The first-order valence-electron chi connectivity index (χ1n) is 7.11. The Morgan fingerprint density at radius 3 is 2.70 bits per heavy atom. The molecule has 1 saturated carbocycles. The number of carboxylic acid groups (broad SMARTS) is 1. The number of amides is 1. The number of aliphatic carboxylic acids is 1. The zero-order valence-corrected chi connectivity index (χ0v) is 11.8. The first-order chi connectivity index (χ1) is 9.48. The van der Waals surface area contributed by atoms with Crippen LogP contribution in [0, 0.1) is 11.3 Å². The normalized spacial score (nSPS) is 31.0. The highest BCUT2D eigenvalue weighted by Gasteiger charge is 2.55. The van der Waals surface area contributed by atoms with Crippen molar-refractivity contribution in [2.45, 2.75) is 32.6 Å². The van der Waals surface area contributed by atoms with Crippen LogP contribution in [0.5, 0.6) is 0 Å². The van der Waals surface area contributed by atoms with Crippen molar-refractivity contribution in [1.82, 2.24) is 0 Å². The van der Waals surface area contributed by atoms with Crippen LogP contribution >= 0.6 is 0 Å². The molecule has 106 valence electrons. The summed E-state index contributed by atoms with van der Waals surface area (Å²) in [4.78, 5) is 25.7. The van der Waals surface area contributed by atoms with Gasteiger partial charge in [0.05, 0.1) is 0 Å². The second kappa shape index (κ2) is 4.33. The lowest BCUT2D eigenvalue weighted by Gasteiger charge is -2.19. The van der Waals surface area contributed by atoms with Crippen LogP contribution in [0.2, 0.25) is 0 Å². The van der Waals surface area contributed by atoms with E-state index in [0.29, 0.717) is 0 Å². The van der Waals surface area contributed by atoms with E-state index in [1.165, 1.54) is 0 Å². The average Bonchev–Trinajstić information content (AvgIpc) is 2.97. The maximum Gasteiger partial charge on any atom is 0.312 e. The first-order valence-corrected chi connectivity index (χ1v) is 7.11. The minimum Gasteiger partial charge on any atom is -0.481 e. The molecule has 3 unspecified atom stereocenters. The lowest BCUT2D eigenvalue weighted by Crippen LogP contribution is -2.33. The summed E-state index contributed by atoms with van der Waals surface area (Å²) in [6.45, 7) is 4.50. The third-order valence-electron chi connectivity index (χ3n) is 4.99. The molecule has 3 rings (SSSR count). The molecular weight excluding hydrogens is 254 g/mol. The molecule has 4 nitrogen and oxygen atoms in total. The van der Waals surface area contributed by atoms with Crippen molar-refractivity contribution in [3.8, 4) is 0 Å². The van der Waals surface area contributed by atoms with E-state index >= 15 is 0 Å². The number of nitrogens with zero attached hydrogens (tertiary/aromatic N) is 1. The molecule has 4 heteroatoms. The Balaban J connectivity index is 1.90. The van der Waals surface area contributed by atoms with Gasteiger partial charge in [-0.2, -0.15) is 0 Å². The summed E-state index contributed by atoms with van der Waals surface area (Å²) in [6, 6.07) is 7.35. The highest BCUT2D eigenvalue weighted by molar-refractivity contribution is 6.01. The molecule has 1 heterocycles. The van der Waals surface area contributed by atoms with Crippen LogP contribution in [0.25, 0.3) is 0 Å². The van der Waals surface area contributed by atoms with Crippen LogP contribution in [0.1, 0.15) is 38.2 Å². The predicted molar refractivity (Wildman–Crippen MR) is 75.7 cm³/mol. The van der Waals surface area contributed by atoms with Gasteiger partial charge in [0.25, 0.3) is 0 Å². The van der Waals surface area contributed by atoms with Gasteiger partial charge in [0.15, 0.2) is 0 Å². The maximum atomic E-state index is 12.6. The number of hydrogen-bond acceptors (Lipinski definition) is 2. The first kappa shape index (κ1) is 13.2. The van der Waals surface area contributed by atoms with Gasteiger partial charge in [0.1, 0.15) is 5.92 Å². The van der Waals surface area contributed by atoms with Crippen LogP contribution < -0.4 is 4.90 Å². The van der Waals surface area contributed by atoms with Crippen LogP contribution in [0.15, 0.2) is 24.3 Å². The Labute approximate surface area is 118 Å². The molecule has 1 amide bonds. The minimum atomic E-state index is -0.859. The highest BCUT2D eigenvalue weighted by atomic mass is 16.4. The number of rotatable bonds is 3.